The molecule has 0 bridgehead atoms. The van der Waals surface area contributed by atoms with E-state index in [4.69, 9.17) is 4.74 Å². The van der Waals surface area contributed by atoms with Crippen molar-refractivity contribution in [3.63, 3.8) is 0 Å². The quantitative estimate of drug-likeness (QED) is 0.569. The van der Waals surface area contributed by atoms with E-state index in [9.17, 15) is 9.59 Å². The number of esters is 1. The summed E-state index contributed by atoms with van der Waals surface area (Å²) in [5.41, 5.74) is 0.0856. The Morgan fingerprint density at radius 2 is 2.00 bits per heavy atom. The number of methoxy groups -OCH3 is 1. The van der Waals surface area contributed by atoms with Gasteiger partial charge in [0.15, 0.2) is 0 Å². The average Bonchev–Trinajstić information content (AvgIpc) is 2.21. The molecule has 86 valence electrons. The fraction of sp³-hybridized carbons (Fsp3) is 0.600. The number of hydrogen-bond acceptors (Lipinski definition) is 4. The van der Waals surface area contributed by atoms with Crippen LogP contribution in [-0.2, 0) is 14.3 Å². The summed E-state index contributed by atoms with van der Waals surface area (Å²) >= 11 is 0. The van der Waals surface area contributed by atoms with E-state index in [2.05, 4.69) is 10.1 Å². The molecule has 0 rings (SSSR count). The van der Waals surface area contributed by atoms with Crippen LogP contribution in [0.2, 0.25) is 0 Å². The molecule has 0 radical (unpaired) electrons. The normalized spacial score (nSPS) is 11.1. The molecule has 0 spiro atoms. The molecule has 5 heteroatoms. The molecule has 0 saturated heterocycles. The van der Waals surface area contributed by atoms with Crippen LogP contribution in [-0.4, -0.2) is 25.8 Å². The summed E-state index contributed by atoms with van der Waals surface area (Å²) in [4.78, 5) is 22.2. The van der Waals surface area contributed by atoms with E-state index in [1.54, 1.807) is 6.92 Å². The maximum absolute atomic E-state index is 11.4. The molecule has 0 aliphatic heterocycles. The van der Waals surface area contributed by atoms with Gasteiger partial charge in [0.2, 0.25) is 0 Å². The van der Waals surface area contributed by atoms with Gasteiger partial charge in [0.05, 0.1) is 13.7 Å². The second-order valence-electron chi connectivity index (χ2n) is 3.31. The van der Waals surface area contributed by atoms with E-state index < -0.39 is 12.1 Å². The van der Waals surface area contributed by atoms with Crippen molar-refractivity contribution < 1.29 is 19.1 Å². The van der Waals surface area contributed by atoms with Gasteiger partial charge in [-0.1, -0.05) is 19.9 Å². The molecule has 0 aromatic heterocycles. The lowest BCUT2D eigenvalue weighted by molar-refractivity contribution is -0.140. The van der Waals surface area contributed by atoms with Gasteiger partial charge in [-0.05, 0) is 12.8 Å². The molecule has 0 saturated carbocycles. The Morgan fingerprint density at radius 3 is 2.40 bits per heavy atom. The standard InChI is InChI=1S/C10H17NO4/c1-5-8(11-10(13)14-4)9(12)15-6-7(2)3/h5,7H,6H2,1-4H3,(H,11,13)/b8-5-. The van der Waals surface area contributed by atoms with Crippen molar-refractivity contribution in [2.45, 2.75) is 20.8 Å². The van der Waals surface area contributed by atoms with Crippen LogP contribution in [0.5, 0.6) is 0 Å². The summed E-state index contributed by atoms with van der Waals surface area (Å²) in [6.07, 6.45) is 0.768. The van der Waals surface area contributed by atoms with Crippen molar-refractivity contribution in [1.82, 2.24) is 5.32 Å². The summed E-state index contributed by atoms with van der Waals surface area (Å²) in [5.74, 6) is -0.304. The molecule has 0 aromatic carbocycles. The van der Waals surface area contributed by atoms with Gasteiger partial charge in [0, 0.05) is 0 Å². The van der Waals surface area contributed by atoms with Gasteiger partial charge in [-0.2, -0.15) is 0 Å². The van der Waals surface area contributed by atoms with Crippen LogP contribution in [0.4, 0.5) is 4.79 Å². The van der Waals surface area contributed by atoms with E-state index in [0.29, 0.717) is 6.61 Å². The zero-order valence-electron chi connectivity index (χ0n) is 9.49. The first-order chi connectivity index (χ1) is 7.01. The largest absolute Gasteiger partial charge is 0.461 e. The topological polar surface area (TPSA) is 64.6 Å². The van der Waals surface area contributed by atoms with Crippen LogP contribution in [0.1, 0.15) is 20.8 Å². The van der Waals surface area contributed by atoms with E-state index in [0.717, 1.165) is 0 Å². The maximum atomic E-state index is 11.4. The Bertz CT molecular complexity index is 258. The third-order valence-electron chi connectivity index (χ3n) is 1.48. The van der Waals surface area contributed by atoms with Gasteiger partial charge in [0.25, 0.3) is 0 Å². The molecule has 1 amide bonds. The fourth-order valence-corrected chi connectivity index (χ4v) is 0.722. The summed E-state index contributed by atoms with van der Waals surface area (Å²) in [7, 11) is 1.22. The lowest BCUT2D eigenvalue weighted by atomic mass is 10.2. The molecule has 0 aromatic rings. The van der Waals surface area contributed by atoms with Crippen LogP contribution < -0.4 is 5.32 Å². The predicted octanol–water partition coefficient (Wildman–Crippen LogP) is 1.45. The highest BCUT2D eigenvalue weighted by Crippen LogP contribution is 1.99. The second-order valence-corrected chi connectivity index (χ2v) is 3.31. The summed E-state index contributed by atoms with van der Waals surface area (Å²) < 4.78 is 9.28. The molecule has 0 heterocycles. The fourth-order valence-electron chi connectivity index (χ4n) is 0.722. The Labute approximate surface area is 89.4 Å². The molecule has 0 aliphatic carbocycles. The van der Waals surface area contributed by atoms with Gasteiger partial charge >= 0.3 is 12.1 Å². The summed E-state index contributed by atoms with van der Waals surface area (Å²) in [6.45, 7) is 5.80. The summed E-state index contributed by atoms with van der Waals surface area (Å²) in [6, 6.07) is 0. The van der Waals surface area contributed by atoms with Gasteiger partial charge in [-0.15, -0.1) is 0 Å². The molecule has 0 atom stereocenters. The molecular formula is C10H17NO4. The predicted molar refractivity (Wildman–Crippen MR) is 55.1 cm³/mol. The average molecular weight is 215 g/mol. The Hall–Kier alpha value is -1.52. The molecule has 0 unspecified atom stereocenters. The van der Waals surface area contributed by atoms with Crippen LogP contribution in [0.15, 0.2) is 11.8 Å². The molecule has 15 heavy (non-hydrogen) atoms. The first kappa shape index (κ1) is 13.5. The number of hydrogen-bond donors (Lipinski definition) is 1. The Balaban J connectivity index is 4.18. The van der Waals surface area contributed by atoms with Gasteiger partial charge in [0.1, 0.15) is 5.70 Å². The van der Waals surface area contributed by atoms with Crippen molar-refractivity contribution in [3.8, 4) is 0 Å². The van der Waals surface area contributed by atoms with E-state index in [1.165, 1.54) is 13.2 Å². The number of nitrogens with one attached hydrogen (secondary N) is 1. The molecule has 0 fully saturated rings. The third kappa shape index (κ3) is 5.72. The van der Waals surface area contributed by atoms with Crippen molar-refractivity contribution >= 4 is 12.1 Å². The van der Waals surface area contributed by atoms with Gasteiger partial charge in [-0.3, -0.25) is 5.32 Å². The number of carbonyl (C=O) groups excluding carboxylic acids is 2. The monoisotopic (exact) mass is 215 g/mol. The third-order valence-corrected chi connectivity index (χ3v) is 1.48. The van der Waals surface area contributed by atoms with Crippen LogP contribution >= 0.6 is 0 Å². The summed E-state index contributed by atoms with van der Waals surface area (Å²) in [5, 5.41) is 2.27. The molecule has 1 N–H and O–H groups in total. The van der Waals surface area contributed by atoms with Crippen LogP contribution in [0.25, 0.3) is 0 Å². The second kappa shape index (κ2) is 6.86. The zero-order valence-corrected chi connectivity index (χ0v) is 9.49. The van der Waals surface area contributed by atoms with Crippen molar-refractivity contribution in [1.29, 1.82) is 0 Å². The van der Waals surface area contributed by atoms with Crippen LogP contribution in [0, 0.1) is 5.92 Å². The first-order valence-electron chi connectivity index (χ1n) is 4.69. The molecular weight excluding hydrogens is 198 g/mol. The minimum atomic E-state index is -0.690. The van der Waals surface area contributed by atoms with E-state index in [1.807, 2.05) is 13.8 Å². The van der Waals surface area contributed by atoms with E-state index in [-0.39, 0.29) is 11.6 Å². The molecule has 5 nitrogen and oxygen atoms in total. The smallest absolute Gasteiger partial charge is 0.411 e. The maximum Gasteiger partial charge on any atom is 0.411 e. The Morgan fingerprint density at radius 1 is 1.40 bits per heavy atom. The minimum Gasteiger partial charge on any atom is -0.461 e. The van der Waals surface area contributed by atoms with E-state index >= 15 is 0 Å². The Kier molecular flexibility index (Phi) is 6.17. The number of ether oxygens (including phenoxy) is 2. The van der Waals surface area contributed by atoms with Gasteiger partial charge < -0.3 is 9.47 Å². The number of alkyl carbamates (subject to hydrolysis) is 1. The van der Waals surface area contributed by atoms with Crippen molar-refractivity contribution in [2.24, 2.45) is 5.92 Å². The first-order valence-corrected chi connectivity index (χ1v) is 4.69. The number of rotatable bonds is 4. The zero-order chi connectivity index (χ0) is 11.8. The van der Waals surface area contributed by atoms with Gasteiger partial charge in [-0.25, -0.2) is 9.59 Å². The lowest BCUT2D eigenvalue weighted by Crippen LogP contribution is -2.28. The molecule has 0 aliphatic rings. The lowest BCUT2D eigenvalue weighted by Gasteiger charge is -2.10. The number of allylic oxidation sites excluding steroid dienone is 1. The highest BCUT2D eigenvalue weighted by molar-refractivity contribution is 5.92. The number of amides is 1. The highest BCUT2D eigenvalue weighted by atomic mass is 16.5. The van der Waals surface area contributed by atoms with Crippen LogP contribution in [0.3, 0.4) is 0 Å². The SMILES string of the molecule is C/C=C(\NC(=O)OC)C(=O)OCC(C)C. The van der Waals surface area contributed by atoms with Crippen molar-refractivity contribution in [2.75, 3.05) is 13.7 Å². The number of carbonyl (C=O) groups is 2. The minimum absolute atomic E-state index is 0.0856. The highest BCUT2D eigenvalue weighted by Gasteiger charge is 2.13. The van der Waals surface area contributed by atoms with Crippen molar-refractivity contribution in [3.05, 3.63) is 11.8 Å².